The Morgan fingerprint density at radius 1 is 0.570 bits per heavy atom. The predicted octanol–water partition coefficient (Wildman–Crippen LogP) is 8.38. The van der Waals surface area contributed by atoms with Crippen LogP contribution in [0.15, 0.2) is 97.3 Å². The summed E-state index contributed by atoms with van der Waals surface area (Å²) in [4.78, 5) is 63.2. The molecule has 21 nitrogen and oxygen atoms in total. The molecule has 21 heteroatoms. The number of carbonyl (C=O) groups is 3. The number of nitrogens with zero attached hydrogens (tertiary/aromatic N) is 7. The molecule has 0 bridgehead atoms. The fourth-order valence-electron chi connectivity index (χ4n) is 8.94. The Hall–Kier alpha value is -8.75. The molecule has 4 N–H and O–H groups in total. The van der Waals surface area contributed by atoms with Crippen LogP contribution in [0.2, 0.25) is 0 Å². The monoisotopic (exact) mass is 1080 g/mol. The normalized spacial score (nSPS) is 15.1. The third-order valence-electron chi connectivity index (χ3n) is 13.0. The van der Waals surface area contributed by atoms with Gasteiger partial charge in [-0.25, -0.2) is 14.8 Å². The smallest absolute Gasteiger partial charge is 0.411 e. The summed E-state index contributed by atoms with van der Waals surface area (Å²) in [6.45, 7) is 12.7. The van der Waals surface area contributed by atoms with E-state index in [1.165, 1.54) is 10.5 Å². The van der Waals surface area contributed by atoms with E-state index in [4.69, 9.17) is 43.1 Å². The summed E-state index contributed by atoms with van der Waals surface area (Å²) in [5.74, 6) is 4.88. The fourth-order valence-corrected chi connectivity index (χ4v) is 8.94. The lowest BCUT2D eigenvalue weighted by molar-refractivity contribution is -0.127. The van der Waals surface area contributed by atoms with Crippen molar-refractivity contribution in [3.8, 4) is 34.5 Å². The lowest BCUT2D eigenvalue weighted by Crippen LogP contribution is -2.61. The van der Waals surface area contributed by atoms with E-state index < -0.39 is 17.7 Å². The van der Waals surface area contributed by atoms with Crippen LogP contribution < -0.4 is 59.5 Å². The third kappa shape index (κ3) is 15.7. The first-order valence-corrected chi connectivity index (χ1v) is 26.0. The van der Waals surface area contributed by atoms with Gasteiger partial charge in [0.1, 0.15) is 23.3 Å². The highest BCUT2D eigenvalue weighted by atomic mass is 16.6. The average molecular weight is 1080 g/mol. The van der Waals surface area contributed by atoms with Gasteiger partial charge in [0.2, 0.25) is 35.2 Å². The van der Waals surface area contributed by atoms with Gasteiger partial charge in [-0.05, 0) is 70.7 Å². The molecule has 0 radical (unpaired) electrons. The molecule has 2 aliphatic rings. The van der Waals surface area contributed by atoms with Crippen molar-refractivity contribution in [3.05, 3.63) is 120 Å². The van der Waals surface area contributed by atoms with Crippen LogP contribution in [0.25, 0.3) is 0 Å². The molecule has 6 aromatic rings. The summed E-state index contributed by atoms with van der Waals surface area (Å²) in [6.07, 6.45) is 4.59. The molecule has 4 aromatic carbocycles. The Morgan fingerprint density at radius 3 is 1.44 bits per heavy atom. The first kappa shape index (κ1) is 57.9. The highest BCUT2D eigenvalue weighted by Gasteiger charge is 2.38. The maximum absolute atomic E-state index is 13.5. The number of hydrogen-bond acceptors (Lipinski definition) is 18. The lowest BCUT2D eigenvalue weighted by atomic mass is 9.97. The van der Waals surface area contributed by atoms with Gasteiger partial charge in [0.25, 0.3) is 0 Å². The Morgan fingerprint density at radius 2 is 1.01 bits per heavy atom. The van der Waals surface area contributed by atoms with Gasteiger partial charge in [-0.3, -0.25) is 14.5 Å². The van der Waals surface area contributed by atoms with Gasteiger partial charge in [-0.2, -0.15) is 9.97 Å². The van der Waals surface area contributed by atoms with Crippen molar-refractivity contribution in [2.24, 2.45) is 5.92 Å². The molecule has 0 aliphatic carbocycles. The van der Waals surface area contributed by atoms with Crippen LogP contribution in [0.4, 0.5) is 39.7 Å². The van der Waals surface area contributed by atoms with Crippen LogP contribution in [-0.4, -0.2) is 130 Å². The van der Waals surface area contributed by atoms with Crippen LogP contribution in [0, 0.1) is 19.8 Å². The van der Waals surface area contributed by atoms with E-state index in [1.54, 1.807) is 106 Å². The number of nitrogens with one attached hydrogen (secondary N) is 4. The predicted molar refractivity (Wildman–Crippen MR) is 303 cm³/mol. The Kier molecular flexibility index (Phi) is 19.8. The molecule has 0 saturated carbocycles. The molecular weight excluding hydrogens is 1010 g/mol. The number of carbonyl (C=O) groups excluding carboxylic acids is 3. The standard InChI is InChI=1S/C31H40N6O6.C27H33N5O4/c1-20-8-10-21(11-9-20)18-33-28(38)23-19-36(14-15-37(23)30(39)43-31(2,3)4)26-12-13-32-29(35-26)34-22-16-24(40-5)27(42-7)25(17-22)41-6;1-18-7-9-19(10-8-18)16-29-26(33)20-6-5-13-32(17-20)24-11-12-28-27(31-24)30-21-14-22(34-2)25(36-4)23(15-21)35-3/h8-13,16-17,23H,14-15,18-19H2,1-7H3,(H,33,38)(H,32,34,35);7-12,14-15,20H,5-6,13,16-17H2,1-4H3,(H,29,33)(H,28,30,31). The van der Waals surface area contributed by atoms with Crippen molar-refractivity contribution in [1.29, 1.82) is 0 Å². The Bertz CT molecular complexity index is 2960. The number of rotatable bonds is 18. The van der Waals surface area contributed by atoms with Crippen molar-refractivity contribution in [2.75, 3.05) is 95.8 Å². The summed E-state index contributed by atoms with van der Waals surface area (Å²) in [7, 11) is 9.34. The lowest BCUT2D eigenvalue weighted by Gasteiger charge is -2.41. The first-order chi connectivity index (χ1) is 38.0. The van der Waals surface area contributed by atoms with E-state index >= 15 is 0 Å². The third-order valence-corrected chi connectivity index (χ3v) is 13.0. The second-order valence-electron chi connectivity index (χ2n) is 19.9. The molecule has 4 heterocycles. The van der Waals surface area contributed by atoms with Crippen molar-refractivity contribution in [1.82, 2.24) is 35.5 Å². The molecule has 2 aromatic heterocycles. The molecule has 2 aliphatic heterocycles. The molecule has 2 fully saturated rings. The number of piperazine rings is 1. The average Bonchev–Trinajstić information content (AvgIpc) is 3.51. The van der Waals surface area contributed by atoms with Crippen molar-refractivity contribution < 1.29 is 47.5 Å². The van der Waals surface area contributed by atoms with Gasteiger partial charge >= 0.3 is 6.09 Å². The number of benzene rings is 4. The summed E-state index contributed by atoms with van der Waals surface area (Å²) in [6, 6.07) is 26.1. The van der Waals surface area contributed by atoms with Gasteiger partial charge in [-0.1, -0.05) is 59.7 Å². The quantitative estimate of drug-likeness (QED) is 0.0634. The zero-order valence-corrected chi connectivity index (χ0v) is 47.0. The van der Waals surface area contributed by atoms with E-state index in [2.05, 4.69) is 55.2 Å². The number of anilines is 6. The number of piperidine rings is 1. The molecule has 2 unspecified atom stereocenters. The molecule has 2 atom stereocenters. The Balaban J connectivity index is 0.000000232. The zero-order chi connectivity index (χ0) is 56.6. The van der Waals surface area contributed by atoms with Crippen molar-refractivity contribution in [2.45, 2.75) is 72.2 Å². The number of ether oxygens (including phenoxy) is 7. The molecular formula is C58H73N11O10. The number of hydrogen-bond donors (Lipinski definition) is 4. The van der Waals surface area contributed by atoms with Crippen LogP contribution >= 0.6 is 0 Å². The minimum absolute atomic E-state index is 0.0742. The minimum Gasteiger partial charge on any atom is -0.493 e. The van der Waals surface area contributed by atoms with E-state index in [9.17, 15) is 14.4 Å². The summed E-state index contributed by atoms with van der Waals surface area (Å²) in [5.41, 5.74) is 5.05. The van der Waals surface area contributed by atoms with E-state index in [0.29, 0.717) is 89.8 Å². The molecule has 3 amide bonds. The maximum atomic E-state index is 13.5. The zero-order valence-electron chi connectivity index (χ0n) is 47.0. The maximum Gasteiger partial charge on any atom is 0.411 e. The number of methoxy groups -OCH3 is 6. The highest BCUT2D eigenvalue weighted by Crippen LogP contribution is 2.42. The van der Waals surface area contributed by atoms with E-state index in [-0.39, 0.29) is 30.8 Å². The largest absolute Gasteiger partial charge is 0.493 e. The summed E-state index contributed by atoms with van der Waals surface area (Å²) < 4.78 is 38.2. The second kappa shape index (κ2) is 27.0. The van der Waals surface area contributed by atoms with E-state index in [1.807, 2.05) is 54.3 Å². The second-order valence-corrected chi connectivity index (χ2v) is 19.9. The van der Waals surface area contributed by atoms with Gasteiger partial charge in [-0.15, -0.1) is 0 Å². The van der Waals surface area contributed by atoms with Crippen LogP contribution in [0.3, 0.4) is 0 Å². The molecule has 8 rings (SSSR count). The first-order valence-electron chi connectivity index (χ1n) is 26.0. The number of amides is 3. The number of aryl methyl sites for hydroxylation is 2. The molecule has 420 valence electrons. The van der Waals surface area contributed by atoms with Crippen LogP contribution in [0.5, 0.6) is 34.5 Å². The number of aromatic nitrogens is 4. The Labute approximate surface area is 462 Å². The molecule has 0 spiro atoms. The van der Waals surface area contributed by atoms with Gasteiger partial charge in [0, 0.05) is 93.8 Å². The summed E-state index contributed by atoms with van der Waals surface area (Å²) >= 11 is 0. The topological polar surface area (TPSA) is 225 Å². The van der Waals surface area contributed by atoms with E-state index in [0.717, 1.165) is 41.9 Å². The molecule has 2 saturated heterocycles. The fraction of sp³-hybridized carbons (Fsp3) is 0.397. The van der Waals surface area contributed by atoms with Gasteiger partial charge < -0.3 is 64.2 Å². The van der Waals surface area contributed by atoms with Gasteiger partial charge in [0.05, 0.1) is 48.6 Å². The SMILES string of the molecule is COc1cc(Nc2nccc(N3CCCC(C(=O)NCc4ccc(C)cc4)C3)n2)cc(OC)c1OC.COc1cc(Nc2nccc(N3CCN(C(=O)OC(C)(C)C)C(C(=O)NCc4ccc(C)cc4)C3)n2)cc(OC)c1OC. The minimum atomic E-state index is -0.796. The van der Waals surface area contributed by atoms with Crippen LogP contribution in [0.1, 0.15) is 55.9 Å². The van der Waals surface area contributed by atoms with Crippen molar-refractivity contribution >= 4 is 52.8 Å². The van der Waals surface area contributed by atoms with Crippen LogP contribution in [-0.2, 0) is 27.4 Å². The van der Waals surface area contributed by atoms with Crippen molar-refractivity contribution in [3.63, 3.8) is 0 Å². The highest BCUT2D eigenvalue weighted by molar-refractivity contribution is 5.87. The molecule has 79 heavy (non-hydrogen) atoms. The summed E-state index contributed by atoms with van der Waals surface area (Å²) in [5, 5.41) is 12.5. The van der Waals surface area contributed by atoms with Gasteiger partial charge in [0.15, 0.2) is 23.0 Å².